The van der Waals surface area contributed by atoms with Crippen molar-refractivity contribution in [1.82, 2.24) is 19.7 Å². The molecule has 0 saturated carbocycles. The SMILES string of the molecule is Cc1cc(NC(=O)c2nn(-c3ccc(Cl)cc3)cc2CCl)cnc1N1CCC(N(C)C(=O)O)C1. The maximum Gasteiger partial charge on any atom is 0.407 e. The number of anilines is 2. The van der Waals surface area contributed by atoms with Crippen molar-refractivity contribution < 1.29 is 14.7 Å². The van der Waals surface area contributed by atoms with E-state index in [1.807, 2.05) is 13.0 Å². The smallest absolute Gasteiger partial charge is 0.407 e. The third-order valence-electron chi connectivity index (χ3n) is 5.86. The van der Waals surface area contributed by atoms with Gasteiger partial charge in [0, 0.05) is 36.9 Å². The van der Waals surface area contributed by atoms with Crippen molar-refractivity contribution in [3.63, 3.8) is 0 Å². The van der Waals surface area contributed by atoms with Crippen LogP contribution in [0.3, 0.4) is 0 Å². The van der Waals surface area contributed by atoms with Crippen molar-refractivity contribution in [3.05, 3.63) is 64.6 Å². The fourth-order valence-corrected chi connectivity index (χ4v) is 4.31. The van der Waals surface area contributed by atoms with E-state index in [-0.39, 0.29) is 23.5 Å². The van der Waals surface area contributed by atoms with Gasteiger partial charge in [0.1, 0.15) is 5.82 Å². The Bertz CT molecular complexity index is 1210. The summed E-state index contributed by atoms with van der Waals surface area (Å²) in [6.07, 6.45) is 3.10. The first-order valence-corrected chi connectivity index (χ1v) is 11.6. The number of pyridine rings is 1. The topological polar surface area (TPSA) is 104 Å². The zero-order valence-electron chi connectivity index (χ0n) is 18.7. The van der Waals surface area contributed by atoms with Crippen molar-refractivity contribution in [2.45, 2.75) is 25.3 Å². The van der Waals surface area contributed by atoms with Crippen LogP contribution in [0.2, 0.25) is 5.02 Å². The van der Waals surface area contributed by atoms with Crippen LogP contribution < -0.4 is 10.2 Å². The van der Waals surface area contributed by atoms with Gasteiger partial charge in [-0.1, -0.05) is 11.6 Å². The monoisotopic (exact) mass is 502 g/mol. The zero-order valence-corrected chi connectivity index (χ0v) is 20.2. The molecular weight excluding hydrogens is 479 g/mol. The van der Waals surface area contributed by atoms with E-state index in [2.05, 4.69) is 20.3 Å². The van der Waals surface area contributed by atoms with E-state index in [4.69, 9.17) is 23.2 Å². The summed E-state index contributed by atoms with van der Waals surface area (Å²) in [6.45, 7) is 3.19. The third-order valence-corrected chi connectivity index (χ3v) is 6.40. The highest BCUT2D eigenvalue weighted by atomic mass is 35.5. The second kappa shape index (κ2) is 9.90. The van der Waals surface area contributed by atoms with Gasteiger partial charge in [-0.3, -0.25) is 4.79 Å². The first-order chi connectivity index (χ1) is 16.3. The average molecular weight is 503 g/mol. The third kappa shape index (κ3) is 4.95. The van der Waals surface area contributed by atoms with Crippen LogP contribution in [0.15, 0.2) is 42.7 Å². The Labute approximate surface area is 206 Å². The van der Waals surface area contributed by atoms with Crippen molar-refractivity contribution in [1.29, 1.82) is 0 Å². The minimum absolute atomic E-state index is 0.0807. The van der Waals surface area contributed by atoms with Gasteiger partial charge in [-0.2, -0.15) is 5.10 Å². The van der Waals surface area contributed by atoms with Crippen LogP contribution in [0.5, 0.6) is 0 Å². The molecule has 2 N–H and O–H groups in total. The van der Waals surface area contributed by atoms with Gasteiger partial charge in [0.05, 0.1) is 29.5 Å². The summed E-state index contributed by atoms with van der Waals surface area (Å²) >= 11 is 12.0. The van der Waals surface area contributed by atoms with Crippen LogP contribution in [0, 0.1) is 6.92 Å². The molecule has 34 heavy (non-hydrogen) atoms. The van der Waals surface area contributed by atoms with Crippen LogP contribution in [-0.2, 0) is 5.88 Å². The van der Waals surface area contributed by atoms with Gasteiger partial charge in [0.2, 0.25) is 0 Å². The number of likely N-dealkylation sites (N-methyl/N-ethyl adjacent to an activating group) is 1. The Morgan fingerprint density at radius 3 is 2.68 bits per heavy atom. The summed E-state index contributed by atoms with van der Waals surface area (Å²) in [5.41, 5.74) is 2.99. The molecule has 1 aromatic carbocycles. The highest BCUT2D eigenvalue weighted by Crippen LogP contribution is 2.26. The summed E-state index contributed by atoms with van der Waals surface area (Å²) in [7, 11) is 1.58. The van der Waals surface area contributed by atoms with E-state index in [1.165, 1.54) is 4.90 Å². The van der Waals surface area contributed by atoms with Crippen LogP contribution >= 0.6 is 23.2 Å². The molecule has 0 bridgehead atoms. The highest BCUT2D eigenvalue weighted by Gasteiger charge is 2.29. The molecule has 178 valence electrons. The van der Waals surface area contributed by atoms with Crippen molar-refractivity contribution in [2.75, 3.05) is 30.4 Å². The first kappa shape index (κ1) is 23.8. The molecule has 3 aromatic rings. The molecule has 2 aromatic heterocycles. The number of alkyl halides is 1. The van der Waals surface area contributed by atoms with Crippen LogP contribution in [0.1, 0.15) is 28.0 Å². The van der Waals surface area contributed by atoms with Crippen LogP contribution in [0.25, 0.3) is 5.69 Å². The molecule has 1 unspecified atom stereocenters. The summed E-state index contributed by atoms with van der Waals surface area (Å²) < 4.78 is 1.59. The van der Waals surface area contributed by atoms with Gasteiger partial charge in [-0.25, -0.2) is 14.5 Å². The second-order valence-electron chi connectivity index (χ2n) is 8.16. The molecule has 0 aliphatic carbocycles. The quantitative estimate of drug-likeness (QED) is 0.483. The van der Waals surface area contributed by atoms with Crippen LogP contribution in [0.4, 0.5) is 16.3 Å². The molecule has 3 heterocycles. The Kier molecular flexibility index (Phi) is 6.95. The van der Waals surface area contributed by atoms with Gasteiger partial charge in [0.25, 0.3) is 5.91 Å². The predicted octanol–water partition coefficient (Wildman–Crippen LogP) is 4.41. The lowest BCUT2D eigenvalue weighted by Crippen LogP contribution is -2.38. The fraction of sp³-hybridized carbons (Fsp3) is 0.304. The summed E-state index contributed by atoms with van der Waals surface area (Å²) in [6, 6.07) is 8.86. The number of hydrogen-bond acceptors (Lipinski definition) is 5. The molecule has 2 amide bonds. The van der Waals surface area contributed by atoms with Crippen LogP contribution in [-0.4, -0.2) is 63.0 Å². The Hall–Kier alpha value is -3.30. The number of amides is 2. The van der Waals surface area contributed by atoms with Gasteiger partial charge in [-0.15, -0.1) is 11.6 Å². The normalized spacial score (nSPS) is 15.4. The van der Waals surface area contributed by atoms with Gasteiger partial charge in [-0.05, 0) is 49.2 Å². The number of aromatic nitrogens is 3. The standard InChI is InChI=1S/C23H24Cl2N6O3/c1-14-9-17(11-26-21(14)30-8-7-19(13-30)29(2)23(33)34)27-22(32)20-15(10-24)12-31(28-20)18-5-3-16(25)4-6-18/h3-6,9,11-12,19H,7-8,10,13H2,1-2H3,(H,27,32)(H,33,34). The van der Waals surface area contributed by atoms with E-state index in [0.29, 0.717) is 29.4 Å². The van der Waals surface area contributed by atoms with Gasteiger partial charge < -0.3 is 20.2 Å². The average Bonchev–Trinajstić information content (AvgIpc) is 3.47. The number of halogens is 2. The molecule has 0 spiro atoms. The molecule has 1 atom stereocenters. The molecular formula is C23H24Cl2N6O3. The molecule has 1 saturated heterocycles. The summed E-state index contributed by atoms with van der Waals surface area (Å²) in [4.78, 5) is 32.1. The number of hydrogen-bond donors (Lipinski definition) is 2. The molecule has 11 heteroatoms. The second-order valence-corrected chi connectivity index (χ2v) is 8.86. The van der Waals surface area contributed by atoms with Gasteiger partial charge in [0.15, 0.2) is 5.69 Å². The minimum Gasteiger partial charge on any atom is -0.465 e. The van der Waals surface area contributed by atoms with E-state index in [9.17, 15) is 14.7 Å². The number of rotatable bonds is 6. The van der Waals surface area contributed by atoms with Crippen molar-refractivity contribution in [3.8, 4) is 5.69 Å². The number of benzene rings is 1. The molecule has 4 rings (SSSR count). The Morgan fingerprint density at radius 2 is 2.03 bits per heavy atom. The lowest BCUT2D eigenvalue weighted by Gasteiger charge is -2.23. The summed E-state index contributed by atoms with van der Waals surface area (Å²) in [5, 5.41) is 17.1. The Balaban J connectivity index is 1.48. The maximum atomic E-state index is 13.0. The maximum absolute atomic E-state index is 13.0. The van der Waals surface area contributed by atoms with E-state index in [1.54, 1.807) is 48.4 Å². The van der Waals surface area contributed by atoms with E-state index < -0.39 is 6.09 Å². The molecule has 1 fully saturated rings. The highest BCUT2D eigenvalue weighted by molar-refractivity contribution is 6.30. The molecule has 1 aliphatic heterocycles. The Morgan fingerprint density at radius 1 is 1.29 bits per heavy atom. The van der Waals surface area contributed by atoms with E-state index in [0.717, 1.165) is 23.5 Å². The largest absolute Gasteiger partial charge is 0.465 e. The van der Waals surface area contributed by atoms with Gasteiger partial charge >= 0.3 is 6.09 Å². The number of carboxylic acid groups (broad SMARTS) is 1. The zero-order chi connectivity index (χ0) is 24.4. The van der Waals surface area contributed by atoms with E-state index >= 15 is 0 Å². The molecule has 1 aliphatic rings. The molecule has 9 nitrogen and oxygen atoms in total. The van der Waals surface area contributed by atoms with Crippen molar-refractivity contribution in [2.24, 2.45) is 0 Å². The first-order valence-electron chi connectivity index (χ1n) is 10.7. The lowest BCUT2D eigenvalue weighted by molar-refractivity contribution is 0.102. The molecule has 0 radical (unpaired) electrons. The number of carbonyl (C=O) groups excluding carboxylic acids is 1. The number of aryl methyl sites for hydroxylation is 1. The van der Waals surface area contributed by atoms with Crippen molar-refractivity contribution >= 4 is 46.7 Å². The predicted molar refractivity (Wildman–Crippen MR) is 131 cm³/mol. The minimum atomic E-state index is -0.940. The fourth-order valence-electron chi connectivity index (χ4n) is 3.99. The number of nitrogens with one attached hydrogen (secondary N) is 1. The number of carbonyl (C=O) groups is 2. The number of nitrogens with zero attached hydrogens (tertiary/aromatic N) is 5. The lowest BCUT2D eigenvalue weighted by atomic mass is 10.2. The summed E-state index contributed by atoms with van der Waals surface area (Å²) in [5.74, 6) is 0.516.